The zero-order valence-corrected chi connectivity index (χ0v) is 17.3. The van der Waals surface area contributed by atoms with Crippen LogP contribution < -0.4 is 4.74 Å². The van der Waals surface area contributed by atoms with Gasteiger partial charge in [0.05, 0.1) is 5.69 Å². The average Bonchev–Trinajstić information content (AvgIpc) is 3.17. The Labute approximate surface area is 172 Å². The summed E-state index contributed by atoms with van der Waals surface area (Å²) in [4.78, 5) is 19.2. The summed E-state index contributed by atoms with van der Waals surface area (Å²) in [5.74, 6) is 1.47. The second-order valence-corrected chi connectivity index (χ2v) is 8.16. The minimum absolute atomic E-state index is 0.0814. The number of amides is 1. The molecular weight excluding hydrogens is 362 g/mol. The summed E-state index contributed by atoms with van der Waals surface area (Å²) in [5.41, 5.74) is 3.68. The van der Waals surface area contributed by atoms with Crippen LogP contribution in [0.3, 0.4) is 0 Å². The largest absolute Gasteiger partial charge is 0.487 e. The van der Waals surface area contributed by atoms with Crippen molar-refractivity contribution in [1.29, 1.82) is 0 Å². The fourth-order valence-corrected chi connectivity index (χ4v) is 4.19. The van der Waals surface area contributed by atoms with Gasteiger partial charge in [-0.15, -0.1) is 0 Å². The van der Waals surface area contributed by atoms with E-state index in [9.17, 15) is 4.79 Å². The molecule has 1 amide bonds. The van der Waals surface area contributed by atoms with Gasteiger partial charge in [-0.2, -0.15) is 0 Å². The van der Waals surface area contributed by atoms with Crippen LogP contribution in [0.4, 0.5) is 0 Å². The van der Waals surface area contributed by atoms with Crippen molar-refractivity contribution in [3.63, 3.8) is 0 Å². The number of hydrogen-bond donors (Lipinski definition) is 0. The summed E-state index contributed by atoms with van der Waals surface area (Å²) in [6, 6.07) is 11.5. The summed E-state index contributed by atoms with van der Waals surface area (Å²) in [6.45, 7) is 3.30. The van der Waals surface area contributed by atoms with Crippen LogP contribution in [0.1, 0.15) is 53.7 Å². The summed E-state index contributed by atoms with van der Waals surface area (Å²) >= 11 is 0. The number of rotatable bonds is 6. The van der Waals surface area contributed by atoms with E-state index in [0.717, 1.165) is 29.2 Å². The summed E-state index contributed by atoms with van der Waals surface area (Å²) in [7, 11) is 1.91. The van der Waals surface area contributed by atoms with Gasteiger partial charge >= 0.3 is 0 Å². The van der Waals surface area contributed by atoms with E-state index < -0.39 is 0 Å². The molecular formula is C24H29N3O2. The van der Waals surface area contributed by atoms with E-state index >= 15 is 0 Å². The third kappa shape index (κ3) is 4.61. The lowest BCUT2D eigenvalue weighted by molar-refractivity contribution is 0.0760. The fraction of sp³-hybridized carbons (Fsp3) is 0.417. The number of benzene rings is 1. The molecule has 0 atom stereocenters. The van der Waals surface area contributed by atoms with Crippen LogP contribution in [0.25, 0.3) is 5.65 Å². The van der Waals surface area contributed by atoms with Crippen molar-refractivity contribution in [2.24, 2.45) is 5.92 Å². The van der Waals surface area contributed by atoms with E-state index in [2.05, 4.69) is 4.98 Å². The standard InChI is InChI=1S/C24H29N3O2/c1-18-7-6-14-27-16-21(25-23(18)27)17-29-22-12-10-20(11-13-22)24(28)26(2)15-19-8-4-3-5-9-19/h6-7,10-14,16,19H,3-5,8-9,15,17H2,1-2H3. The van der Waals surface area contributed by atoms with E-state index in [0.29, 0.717) is 18.1 Å². The van der Waals surface area contributed by atoms with Crippen molar-refractivity contribution in [3.8, 4) is 5.75 Å². The number of ether oxygens (including phenoxy) is 1. The average molecular weight is 392 g/mol. The lowest BCUT2D eigenvalue weighted by atomic mass is 9.89. The first kappa shape index (κ1) is 19.5. The van der Waals surface area contributed by atoms with Gasteiger partial charge in [0.2, 0.25) is 0 Å². The third-order valence-electron chi connectivity index (χ3n) is 5.82. The van der Waals surface area contributed by atoms with Crippen LogP contribution in [-0.4, -0.2) is 33.8 Å². The van der Waals surface area contributed by atoms with Gasteiger partial charge in [0, 0.05) is 31.5 Å². The maximum Gasteiger partial charge on any atom is 0.253 e. The molecule has 5 heteroatoms. The second-order valence-electron chi connectivity index (χ2n) is 8.16. The number of hydrogen-bond acceptors (Lipinski definition) is 3. The molecule has 0 saturated heterocycles. The molecule has 0 spiro atoms. The molecule has 0 aliphatic heterocycles. The normalized spacial score (nSPS) is 14.8. The smallest absolute Gasteiger partial charge is 0.253 e. The molecule has 0 N–H and O–H groups in total. The molecule has 1 aliphatic carbocycles. The Morgan fingerprint density at radius 3 is 2.66 bits per heavy atom. The summed E-state index contributed by atoms with van der Waals surface area (Å²) in [5, 5.41) is 0. The molecule has 3 aromatic rings. The molecule has 0 unspecified atom stereocenters. The number of carbonyl (C=O) groups is 1. The quantitative estimate of drug-likeness (QED) is 0.602. The third-order valence-corrected chi connectivity index (χ3v) is 5.82. The van der Waals surface area contributed by atoms with Crippen molar-refractivity contribution in [1.82, 2.24) is 14.3 Å². The van der Waals surface area contributed by atoms with Crippen molar-refractivity contribution in [2.75, 3.05) is 13.6 Å². The highest BCUT2D eigenvalue weighted by Crippen LogP contribution is 2.25. The molecule has 1 aromatic carbocycles. The Morgan fingerprint density at radius 1 is 1.17 bits per heavy atom. The van der Waals surface area contributed by atoms with Crippen LogP contribution >= 0.6 is 0 Å². The van der Waals surface area contributed by atoms with Crippen LogP contribution in [0.2, 0.25) is 0 Å². The van der Waals surface area contributed by atoms with E-state index in [1.165, 1.54) is 32.1 Å². The van der Waals surface area contributed by atoms with Crippen molar-refractivity contribution < 1.29 is 9.53 Å². The molecule has 2 aromatic heterocycles. The van der Waals surface area contributed by atoms with Gasteiger partial charge in [-0.25, -0.2) is 4.98 Å². The monoisotopic (exact) mass is 391 g/mol. The predicted molar refractivity (Wildman–Crippen MR) is 114 cm³/mol. The van der Waals surface area contributed by atoms with Gasteiger partial charge in [-0.1, -0.05) is 25.3 Å². The van der Waals surface area contributed by atoms with Crippen LogP contribution in [0.5, 0.6) is 5.75 Å². The van der Waals surface area contributed by atoms with Crippen molar-refractivity contribution >= 4 is 11.6 Å². The van der Waals surface area contributed by atoms with E-state index in [1.54, 1.807) is 0 Å². The van der Waals surface area contributed by atoms with Gasteiger partial charge in [0.25, 0.3) is 5.91 Å². The first-order chi connectivity index (χ1) is 14.1. The Morgan fingerprint density at radius 2 is 1.93 bits per heavy atom. The van der Waals surface area contributed by atoms with Gasteiger partial charge in [-0.05, 0) is 61.6 Å². The maximum atomic E-state index is 12.7. The predicted octanol–water partition coefficient (Wildman–Crippen LogP) is 4.87. The molecule has 4 rings (SSSR count). The number of fused-ring (bicyclic) bond motifs is 1. The van der Waals surface area contributed by atoms with E-state index in [-0.39, 0.29) is 5.91 Å². The fourth-order valence-electron chi connectivity index (χ4n) is 4.19. The van der Waals surface area contributed by atoms with Gasteiger partial charge in [0.15, 0.2) is 0 Å². The maximum absolute atomic E-state index is 12.7. The zero-order chi connectivity index (χ0) is 20.2. The van der Waals surface area contributed by atoms with Crippen LogP contribution in [0, 0.1) is 12.8 Å². The number of aryl methyl sites for hydroxylation is 1. The first-order valence-corrected chi connectivity index (χ1v) is 10.5. The van der Waals surface area contributed by atoms with E-state index in [1.807, 2.05) is 72.1 Å². The molecule has 1 fully saturated rings. The zero-order valence-electron chi connectivity index (χ0n) is 17.3. The lowest BCUT2D eigenvalue weighted by Gasteiger charge is -2.27. The van der Waals surface area contributed by atoms with Gasteiger partial charge < -0.3 is 14.0 Å². The molecule has 5 nitrogen and oxygen atoms in total. The van der Waals surface area contributed by atoms with Crippen LogP contribution in [0.15, 0.2) is 48.8 Å². The minimum Gasteiger partial charge on any atom is -0.487 e. The summed E-state index contributed by atoms with van der Waals surface area (Å²) < 4.78 is 7.89. The second kappa shape index (κ2) is 8.68. The topological polar surface area (TPSA) is 46.8 Å². The highest BCUT2D eigenvalue weighted by Gasteiger charge is 2.19. The highest BCUT2D eigenvalue weighted by atomic mass is 16.5. The Bertz CT molecular complexity index is 971. The van der Waals surface area contributed by atoms with Gasteiger partial charge in [-0.3, -0.25) is 4.79 Å². The Kier molecular flexibility index (Phi) is 5.84. The molecule has 1 aliphatic rings. The van der Waals surface area contributed by atoms with Crippen LogP contribution in [-0.2, 0) is 6.61 Å². The first-order valence-electron chi connectivity index (χ1n) is 10.5. The minimum atomic E-state index is 0.0814. The number of imidazole rings is 1. The van der Waals surface area contributed by atoms with E-state index in [4.69, 9.17) is 4.74 Å². The molecule has 152 valence electrons. The number of carbonyl (C=O) groups excluding carboxylic acids is 1. The number of pyridine rings is 1. The summed E-state index contributed by atoms with van der Waals surface area (Å²) in [6.07, 6.45) is 10.4. The number of nitrogens with zero attached hydrogens (tertiary/aromatic N) is 3. The molecule has 0 bridgehead atoms. The highest BCUT2D eigenvalue weighted by molar-refractivity contribution is 5.94. The number of aromatic nitrogens is 2. The molecule has 29 heavy (non-hydrogen) atoms. The SMILES string of the molecule is Cc1cccn2cc(COc3ccc(C(=O)N(C)CC4CCCCC4)cc3)nc12. The molecule has 0 radical (unpaired) electrons. The Balaban J connectivity index is 1.34. The van der Waals surface area contributed by atoms with Gasteiger partial charge in [0.1, 0.15) is 18.0 Å². The molecule has 2 heterocycles. The van der Waals surface area contributed by atoms with Crippen molar-refractivity contribution in [2.45, 2.75) is 45.6 Å². The molecule has 1 saturated carbocycles. The lowest BCUT2D eigenvalue weighted by Crippen LogP contribution is -2.32. The van der Waals surface area contributed by atoms with Crippen molar-refractivity contribution in [3.05, 3.63) is 65.6 Å². The Hall–Kier alpha value is -2.82.